The topological polar surface area (TPSA) is 48.7 Å². The second kappa shape index (κ2) is 5.19. The van der Waals surface area contributed by atoms with Crippen molar-refractivity contribution >= 4 is 22.8 Å². The fourth-order valence-electron chi connectivity index (χ4n) is 1.88. The van der Waals surface area contributed by atoms with E-state index < -0.39 is 0 Å². The maximum atomic E-state index is 9.01. The Balaban J connectivity index is 2.43. The third kappa shape index (κ3) is 2.36. The number of anilines is 2. The van der Waals surface area contributed by atoms with Crippen molar-refractivity contribution in [3.63, 3.8) is 0 Å². The molecule has 18 heavy (non-hydrogen) atoms. The summed E-state index contributed by atoms with van der Waals surface area (Å²) in [5.41, 5.74) is 5.16. The number of hydrogen-bond acceptors (Lipinski definition) is 4. The molecular formula is C14H15N3S. The van der Waals surface area contributed by atoms with Gasteiger partial charge in [-0.05, 0) is 24.0 Å². The minimum absolute atomic E-state index is 0.427. The van der Waals surface area contributed by atoms with Crippen molar-refractivity contribution in [1.29, 1.82) is 5.26 Å². The highest BCUT2D eigenvalue weighted by Crippen LogP contribution is 2.31. The fourth-order valence-corrected chi connectivity index (χ4v) is 2.41. The number of para-hydroxylation sites is 1. The van der Waals surface area contributed by atoms with Crippen molar-refractivity contribution in [2.24, 2.45) is 0 Å². The van der Waals surface area contributed by atoms with Gasteiger partial charge < -0.3 is 5.32 Å². The lowest BCUT2D eigenvalue weighted by Crippen LogP contribution is -2.01. The number of nitrogens with one attached hydrogen (secondary N) is 1. The first-order valence-electron chi connectivity index (χ1n) is 5.83. The van der Waals surface area contributed by atoms with Gasteiger partial charge in [-0.2, -0.15) is 5.26 Å². The molecule has 0 aliphatic heterocycles. The zero-order valence-corrected chi connectivity index (χ0v) is 11.5. The van der Waals surface area contributed by atoms with E-state index in [1.54, 1.807) is 5.51 Å². The lowest BCUT2D eigenvalue weighted by atomic mass is 9.98. The summed E-state index contributed by atoms with van der Waals surface area (Å²) < 4.78 is 0. The molecule has 4 heteroatoms. The van der Waals surface area contributed by atoms with Crippen molar-refractivity contribution in [3.05, 3.63) is 39.7 Å². The molecule has 2 aromatic rings. The molecule has 0 radical (unpaired) electrons. The predicted octanol–water partition coefficient (Wildman–Crippen LogP) is 4.19. The molecule has 2 rings (SSSR count). The quantitative estimate of drug-likeness (QED) is 0.896. The van der Waals surface area contributed by atoms with Gasteiger partial charge in [0.25, 0.3) is 0 Å². The Bertz CT molecular complexity index is 593. The molecule has 0 saturated heterocycles. The van der Waals surface area contributed by atoms with E-state index in [0.29, 0.717) is 16.6 Å². The first kappa shape index (κ1) is 12.6. The number of hydrogen-bond donors (Lipinski definition) is 1. The van der Waals surface area contributed by atoms with E-state index in [0.717, 1.165) is 11.3 Å². The number of aromatic nitrogens is 1. The highest BCUT2D eigenvalue weighted by atomic mass is 32.1. The summed E-state index contributed by atoms with van der Waals surface area (Å²) in [7, 11) is 0. The molecule has 0 unspecified atom stereocenters. The summed E-state index contributed by atoms with van der Waals surface area (Å²) in [4.78, 5) is 4.83. The minimum Gasteiger partial charge on any atom is -0.338 e. The Morgan fingerprint density at radius 1 is 1.39 bits per heavy atom. The van der Waals surface area contributed by atoms with Crippen LogP contribution in [0.3, 0.4) is 0 Å². The highest BCUT2D eigenvalue weighted by molar-refractivity contribution is 7.10. The van der Waals surface area contributed by atoms with E-state index in [1.807, 2.05) is 0 Å². The van der Waals surface area contributed by atoms with E-state index in [-0.39, 0.29) is 0 Å². The molecule has 1 N–H and O–H groups in total. The fraction of sp³-hybridized carbons (Fsp3) is 0.286. The van der Waals surface area contributed by atoms with Crippen LogP contribution in [0, 0.1) is 18.3 Å². The van der Waals surface area contributed by atoms with E-state index in [2.05, 4.69) is 55.3 Å². The Hall–Kier alpha value is -1.86. The van der Waals surface area contributed by atoms with Gasteiger partial charge in [0, 0.05) is 5.69 Å². The SMILES string of the molecule is Cc1cccc(C(C)C)c1Nc1ncsc1C#N. The van der Waals surface area contributed by atoms with Crippen LogP contribution in [-0.4, -0.2) is 4.98 Å². The summed E-state index contributed by atoms with van der Waals surface area (Å²) in [6.45, 7) is 6.38. The summed E-state index contributed by atoms with van der Waals surface area (Å²) in [6.07, 6.45) is 0. The Morgan fingerprint density at radius 3 is 2.83 bits per heavy atom. The standard InChI is InChI=1S/C14H15N3S/c1-9(2)11-6-4-5-10(3)13(11)17-14-12(7-15)18-8-16-14/h4-6,8-9,17H,1-3H3. The van der Waals surface area contributed by atoms with Gasteiger partial charge in [-0.3, -0.25) is 0 Å². The molecule has 0 amide bonds. The molecule has 1 aromatic heterocycles. The van der Waals surface area contributed by atoms with E-state index >= 15 is 0 Å². The van der Waals surface area contributed by atoms with Crippen molar-refractivity contribution in [2.45, 2.75) is 26.7 Å². The number of nitriles is 1. The summed E-state index contributed by atoms with van der Waals surface area (Å²) in [6, 6.07) is 8.39. The molecule has 0 aliphatic carbocycles. The number of benzene rings is 1. The number of rotatable bonds is 3. The zero-order valence-electron chi connectivity index (χ0n) is 10.7. The average Bonchev–Trinajstić information content (AvgIpc) is 2.78. The predicted molar refractivity (Wildman–Crippen MR) is 75.4 cm³/mol. The van der Waals surface area contributed by atoms with Crippen molar-refractivity contribution in [2.75, 3.05) is 5.32 Å². The molecule has 1 aromatic carbocycles. The zero-order chi connectivity index (χ0) is 13.1. The second-order valence-corrected chi connectivity index (χ2v) is 5.32. The monoisotopic (exact) mass is 257 g/mol. The average molecular weight is 257 g/mol. The molecule has 92 valence electrons. The molecule has 0 fully saturated rings. The minimum atomic E-state index is 0.427. The Labute approximate surface area is 111 Å². The number of aryl methyl sites for hydroxylation is 1. The van der Waals surface area contributed by atoms with Crippen LogP contribution in [0.2, 0.25) is 0 Å². The van der Waals surface area contributed by atoms with Crippen LogP contribution < -0.4 is 5.32 Å². The summed E-state index contributed by atoms with van der Waals surface area (Å²) in [5.74, 6) is 1.08. The molecule has 0 spiro atoms. The van der Waals surface area contributed by atoms with Gasteiger partial charge in [0.15, 0.2) is 5.82 Å². The summed E-state index contributed by atoms with van der Waals surface area (Å²) >= 11 is 1.35. The van der Waals surface area contributed by atoms with Crippen molar-refractivity contribution in [1.82, 2.24) is 4.98 Å². The molecule has 1 heterocycles. The Morgan fingerprint density at radius 2 is 2.17 bits per heavy atom. The summed E-state index contributed by atoms with van der Waals surface area (Å²) in [5, 5.41) is 12.3. The van der Waals surface area contributed by atoms with Crippen LogP contribution in [-0.2, 0) is 0 Å². The lowest BCUT2D eigenvalue weighted by molar-refractivity contribution is 0.867. The number of nitrogens with zero attached hydrogens (tertiary/aromatic N) is 2. The Kier molecular flexibility index (Phi) is 3.63. The van der Waals surface area contributed by atoms with Crippen molar-refractivity contribution < 1.29 is 0 Å². The number of thiazole rings is 1. The molecule has 0 bridgehead atoms. The van der Waals surface area contributed by atoms with Crippen LogP contribution in [0.25, 0.3) is 0 Å². The van der Waals surface area contributed by atoms with Gasteiger partial charge in [-0.1, -0.05) is 32.0 Å². The largest absolute Gasteiger partial charge is 0.338 e. The van der Waals surface area contributed by atoms with Gasteiger partial charge in [-0.15, -0.1) is 11.3 Å². The van der Waals surface area contributed by atoms with Gasteiger partial charge in [0.05, 0.1) is 5.51 Å². The van der Waals surface area contributed by atoms with Gasteiger partial charge >= 0.3 is 0 Å². The van der Waals surface area contributed by atoms with Gasteiger partial charge in [0.2, 0.25) is 0 Å². The second-order valence-electron chi connectivity index (χ2n) is 4.46. The van der Waals surface area contributed by atoms with Crippen LogP contribution in [0.1, 0.15) is 35.8 Å². The molecule has 0 saturated carbocycles. The van der Waals surface area contributed by atoms with E-state index in [1.165, 1.54) is 16.9 Å². The molecule has 3 nitrogen and oxygen atoms in total. The first-order chi connectivity index (χ1) is 8.63. The molecule has 0 atom stereocenters. The highest BCUT2D eigenvalue weighted by Gasteiger charge is 2.12. The van der Waals surface area contributed by atoms with Crippen molar-refractivity contribution in [3.8, 4) is 6.07 Å². The maximum absolute atomic E-state index is 9.01. The van der Waals surface area contributed by atoms with E-state index in [9.17, 15) is 0 Å². The smallest absolute Gasteiger partial charge is 0.159 e. The maximum Gasteiger partial charge on any atom is 0.159 e. The third-order valence-electron chi connectivity index (χ3n) is 2.84. The van der Waals surface area contributed by atoms with Crippen LogP contribution >= 0.6 is 11.3 Å². The normalized spacial score (nSPS) is 10.4. The van der Waals surface area contributed by atoms with Crippen LogP contribution in [0.15, 0.2) is 23.7 Å². The van der Waals surface area contributed by atoms with Gasteiger partial charge in [-0.25, -0.2) is 4.98 Å². The first-order valence-corrected chi connectivity index (χ1v) is 6.71. The van der Waals surface area contributed by atoms with E-state index in [4.69, 9.17) is 5.26 Å². The molecular weight excluding hydrogens is 242 g/mol. The third-order valence-corrected chi connectivity index (χ3v) is 3.57. The lowest BCUT2D eigenvalue weighted by Gasteiger charge is -2.16. The van der Waals surface area contributed by atoms with Crippen LogP contribution in [0.5, 0.6) is 0 Å². The van der Waals surface area contributed by atoms with Crippen LogP contribution in [0.4, 0.5) is 11.5 Å². The molecule has 0 aliphatic rings. The van der Waals surface area contributed by atoms with Gasteiger partial charge in [0.1, 0.15) is 10.9 Å².